The van der Waals surface area contributed by atoms with Gasteiger partial charge in [-0.15, -0.1) is 0 Å². The molecular formula is C16H23NOS. The third-order valence-corrected chi connectivity index (χ3v) is 5.56. The van der Waals surface area contributed by atoms with E-state index in [4.69, 9.17) is 4.74 Å². The monoisotopic (exact) mass is 277 g/mol. The Morgan fingerprint density at radius 3 is 2.95 bits per heavy atom. The summed E-state index contributed by atoms with van der Waals surface area (Å²) in [4.78, 5) is 0. The van der Waals surface area contributed by atoms with Gasteiger partial charge in [0, 0.05) is 29.0 Å². The number of fused-ring (bicyclic) bond motifs is 1. The summed E-state index contributed by atoms with van der Waals surface area (Å²) in [5, 5.41) is 4.42. The van der Waals surface area contributed by atoms with Gasteiger partial charge in [0.25, 0.3) is 0 Å². The van der Waals surface area contributed by atoms with E-state index < -0.39 is 0 Å². The van der Waals surface area contributed by atoms with Crippen LogP contribution in [-0.4, -0.2) is 23.1 Å². The lowest BCUT2D eigenvalue weighted by molar-refractivity contribution is 0.0514. The van der Waals surface area contributed by atoms with E-state index in [0.29, 0.717) is 6.04 Å². The second-order valence-electron chi connectivity index (χ2n) is 5.86. The Balaban J connectivity index is 1.87. The molecule has 2 heterocycles. The lowest BCUT2D eigenvalue weighted by Gasteiger charge is -2.40. The first-order valence-electron chi connectivity index (χ1n) is 7.35. The first-order chi connectivity index (χ1) is 9.22. The van der Waals surface area contributed by atoms with Crippen LogP contribution in [-0.2, 0) is 0 Å². The molecule has 2 aliphatic heterocycles. The van der Waals surface area contributed by atoms with Crippen molar-refractivity contribution in [3.8, 4) is 5.75 Å². The van der Waals surface area contributed by atoms with Crippen molar-refractivity contribution >= 4 is 11.8 Å². The van der Waals surface area contributed by atoms with Crippen LogP contribution in [0.4, 0.5) is 0 Å². The summed E-state index contributed by atoms with van der Waals surface area (Å²) in [6.45, 7) is 5.62. The van der Waals surface area contributed by atoms with E-state index in [1.807, 2.05) is 0 Å². The number of para-hydroxylation sites is 1. The molecule has 0 amide bonds. The van der Waals surface area contributed by atoms with Crippen LogP contribution in [0.1, 0.15) is 44.7 Å². The lowest BCUT2D eigenvalue weighted by atomic mass is 9.85. The van der Waals surface area contributed by atoms with Gasteiger partial charge in [-0.05, 0) is 25.5 Å². The Hall–Kier alpha value is -0.670. The molecule has 104 valence electrons. The van der Waals surface area contributed by atoms with Gasteiger partial charge in [0.15, 0.2) is 0 Å². The Morgan fingerprint density at radius 1 is 1.37 bits per heavy atom. The fourth-order valence-electron chi connectivity index (χ4n) is 3.27. The van der Waals surface area contributed by atoms with Crippen LogP contribution >= 0.6 is 11.8 Å². The molecule has 1 spiro atoms. The zero-order chi connectivity index (χ0) is 13.3. The van der Waals surface area contributed by atoms with Crippen LogP contribution in [0.3, 0.4) is 0 Å². The quantitative estimate of drug-likeness (QED) is 0.908. The van der Waals surface area contributed by atoms with Crippen LogP contribution in [0.25, 0.3) is 0 Å². The molecular weight excluding hydrogens is 254 g/mol. The number of thioether (sulfide) groups is 1. The van der Waals surface area contributed by atoms with Crippen LogP contribution in [0, 0.1) is 0 Å². The minimum atomic E-state index is 0.0594. The third-order valence-electron chi connectivity index (χ3n) is 4.13. The van der Waals surface area contributed by atoms with Crippen molar-refractivity contribution in [2.24, 2.45) is 0 Å². The maximum atomic E-state index is 6.40. The summed E-state index contributed by atoms with van der Waals surface area (Å²) in [6.07, 6.45) is 3.47. The van der Waals surface area contributed by atoms with Gasteiger partial charge < -0.3 is 10.1 Å². The molecule has 0 radical (unpaired) electrons. The van der Waals surface area contributed by atoms with Crippen molar-refractivity contribution in [2.75, 3.05) is 12.3 Å². The molecule has 0 saturated carbocycles. The maximum Gasteiger partial charge on any atom is 0.124 e. The Morgan fingerprint density at radius 2 is 2.21 bits per heavy atom. The van der Waals surface area contributed by atoms with Gasteiger partial charge in [-0.3, -0.25) is 0 Å². The average molecular weight is 277 g/mol. The predicted octanol–water partition coefficient (Wildman–Crippen LogP) is 3.77. The van der Waals surface area contributed by atoms with Crippen molar-refractivity contribution in [3.63, 3.8) is 0 Å². The zero-order valence-electron chi connectivity index (χ0n) is 11.8. The van der Waals surface area contributed by atoms with Crippen molar-refractivity contribution in [3.05, 3.63) is 29.8 Å². The fourth-order valence-corrected chi connectivity index (χ4v) is 4.57. The van der Waals surface area contributed by atoms with E-state index in [0.717, 1.165) is 29.7 Å². The van der Waals surface area contributed by atoms with Crippen molar-refractivity contribution in [2.45, 2.75) is 50.0 Å². The van der Waals surface area contributed by atoms with Crippen LogP contribution < -0.4 is 10.1 Å². The molecule has 3 rings (SSSR count). The molecule has 1 saturated heterocycles. The predicted molar refractivity (Wildman–Crippen MR) is 82.0 cm³/mol. The smallest absolute Gasteiger partial charge is 0.124 e. The average Bonchev–Trinajstić information content (AvgIpc) is 2.76. The van der Waals surface area contributed by atoms with Gasteiger partial charge in [-0.1, -0.05) is 32.0 Å². The molecule has 0 bridgehead atoms. The number of benzene rings is 1. The van der Waals surface area contributed by atoms with E-state index in [1.165, 1.54) is 18.4 Å². The Kier molecular flexibility index (Phi) is 3.77. The highest BCUT2D eigenvalue weighted by Gasteiger charge is 2.45. The highest BCUT2D eigenvalue weighted by Crippen LogP contribution is 2.47. The van der Waals surface area contributed by atoms with Crippen molar-refractivity contribution in [1.29, 1.82) is 0 Å². The third kappa shape index (κ3) is 2.63. The first kappa shape index (κ1) is 13.3. The van der Waals surface area contributed by atoms with Crippen LogP contribution in [0.2, 0.25) is 0 Å². The molecule has 1 aromatic carbocycles. The lowest BCUT2D eigenvalue weighted by Crippen LogP contribution is -2.44. The Bertz CT molecular complexity index is 450. The van der Waals surface area contributed by atoms with E-state index in [-0.39, 0.29) is 5.60 Å². The van der Waals surface area contributed by atoms with E-state index in [2.05, 4.69) is 55.2 Å². The highest BCUT2D eigenvalue weighted by atomic mass is 32.2. The summed E-state index contributed by atoms with van der Waals surface area (Å²) in [6, 6.07) is 8.99. The molecule has 2 aliphatic rings. The summed E-state index contributed by atoms with van der Waals surface area (Å²) in [5.41, 5.74) is 1.40. The van der Waals surface area contributed by atoms with Crippen LogP contribution in [0.15, 0.2) is 24.3 Å². The van der Waals surface area contributed by atoms with Crippen molar-refractivity contribution in [1.82, 2.24) is 5.32 Å². The molecule has 1 aromatic rings. The SMILES string of the molecule is CCCNC1CC2(CSC(C)C2)Oc2ccccc21. The second-order valence-corrected chi connectivity index (χ2v) is 7.29. The van der Waals surface area contributed by atoms with E-state index in [1.54, 1.807) is 0 Å². The largest absolute Gasteiger partial charge is 0.486 e. The van der Waals surface area contributed by atoms with Gasteiger partial charge in [-0.25, -0.2) is 0 Å². The number of ether oxygens (including phenoxy) is 1. The molecule has 3 atom stereocenters. The first-order valence-corrected chi connectivity index (χ1v) is 8.40. The molecule has 0 aliphatic carbocycles. The van der Waals surface area contributed by atoms with Crippen LogP contribution in [0.5, 0.6) is 5.75 Å². The minimum Gasteiger partial charge on any atom is -0.486 e. The van der Waals surface area contributed by atoms with Gasteiger partial charge in [0.1, 0.15) is 11.4 Å². The number of hydrogen-bond donors (Lipinski definition) is 1. The van der Waals surface area contributed by atoms with Crippen molar-refractivity contribution < 1.29 is 4.74 Å². The molecule has 2 nitrogen and oxygen atoms in total. The number of nitrogens with one attached hydrogen (secondary N) is 1. The molecule has 1 fully saturated rings. The summed E-state index contributed by atoms with van der Waals surface area (Å²) < 4.78 is 6.40. The summed E-state index contributed by atoms with van der Waals surface area (Å²) in [7, 11) is 0. The summed E-state index contributed by atoms with van der Waals surface area (Å²) in [5.74, 6) is 2.23. The molecule has 0 aromatic heterocycles. The molecule has 3 unspecified atom stereocenters. The van der Waals surface area contributed by atoms with Gasteiger partial charge in [0.05, 0.1) is 0 Å². The highest BCUT2D eigenvalue weighted by molar-refractivity contribution is 8.00. The molecule has 1 N–H and O–H groups in total. The fraction of sp³-hybridized carbons (Fsp3) is 0.625. The van der Waals surface area contributed by atoms with Gasteiger partial charge in [0.2, 0.25) is 0 Å². The normalized spacial score (nSPS) is 33.2. The van der Waals surface area contributed by atoms with Gasteiger partial charge >= 0.3 is 0 Å². The summed E-state index contributed by atoms with van der Waals surface area (Å²) >= 11 is 2.05. The zero-order valence-corrected chi connectivity index (χ0v) is 12.6. The number of rotatable bonds is 3. The molecule has 3 heteroatoms. The number of hydrogen-bond acceptors (Lipinski definition) is 3. The Labute approximate surface area is 120 Å². The topological polar surface area (TPSA) is 21.3 Å². The second kappa shape index (κ2) is 5.37. The standard InChI is InChI=1S/C16H23NOS/c1-3-8-17-14-10-16(9-12(2)19-11-16)18-15-7-5-4-6-13(14)15/h4-7,12,14,17H,3,8-11H2,1-2H3. The maximum absolute atomic E-state index is 6.40. The van der Waals surface area contributed by atoms with E-state index in [9.17, 15) is 0 Å². The molecule has 19 heavy (non-hydrogen) atoms. The van der Waals surface area contributed by atoms with E-state index >= 15 is 0 Å². The minimum absolute atomic E-state index is 0.0594. The van der Waals surface area contributed by atoms with Gasteiger partial charge in [-0.2, -0.15) is 11.8 Å².